The molecule has 17 heteroatoms. The molecule has 1 atom stereocenters. The van der Waals surface area contributed by atoms with Crippen LogP contribution in [0.25, 0.3) is 0 Å². The van der Waals surface area contributed by atoms with Crippen LogP contribution in [0.3, 0.4) is 0 Å². The molecule has 0 saturated carbocycles. The van der Waals surface area contributed by atoms with E-state index in [9.17, 15) is 43.7 Å². The van der Waals surface area contributed by atoms with Crippen LogP contribution in [-0.2, 0) is 46.0 Å². The van der Waals surface area contributed by atoms with Crippen LogP contribution in [0, 0.1) is 0 Å². The van der Waals surface area contributed by atoms with Gasteiger partial charge in [-0.1, -0.05) is 56.5 Å². The maximum absolute atomic E-state index is 12.1. The SMILES string of the molecule is CC1(CCCCCC(=O)O)C(/C=C/C=C/C=C2/Nc3c(Cl)cc(S(=O)(=O)O)cc3C2(C)C)=[N+](CCCCS(=O)(=O)[O-])c2ccc(S(=O)(=O)O)cc21. The van der Waals surface area contributed by atoms with Crippen molar-refractivity contribution in [2.75, 3.05) is 17.6 Å². The van der Waals surface area contributed by atoms with Gasteiger partial charge in [-0.05, 0) is 62.1 Å². The molecule has 0 saturated heterocycles. The van der Waals surface area contributed by atoms with Crippen molar-refractivity contribution in [1.29, 1.82) is 0 Å². The van der Waals surface area contributed by atoms with Gasteiger partial charge in [-0.25, -0.2) is 8.42 Å². The molecule has 2 aliphatic rings. The van der Waals surface area contributed by atoms with Gasteiger partial charge in [0.05, 0.1) is 36.0 Å². The molecule has 13 nitrogen and oxygen atoms in total. The smallest absolute Gasteiger partial charge is 0.303 e. The molecule has 1 unspecified atom stereocenters. The lowest BCUT2D eigenvalue weighted by Crippen LogP contribution is -2.31. The number of unbranched alkanes of at least 4 members (excludes halogenated alkanes) is 3. The highest BCUT2D eigenvalue weighted by molar-refractivity contribution is 7.86. The lowest BCUT2D eigenvalue weighted by Gasteiger charge is -2.23. The molecule has 4 N–H and O–H groups in total. The molecule has 0 aromatic heterocycles. The van der Waals surface area contributed by atoms with E-state index in [0.717, 1.165) is 5.71 Å². The van der Waals surface area contributed by atoms with Gasteiger partial charge < -0.3 is 15.0 Å². The number of fused-ring (bicyclic) bond motifs is 2. The molecule has 51 heavy (non-hydrogen) atoms. The van der Waals surface area contributed by atoms with Crippen molar-refractivity contribution < 1.29 is 53.4 Å². The summed E-state index contributed by atoms with van der Waals surface area (Å²) >= 11 is 6.36. The summed E-state index contributed by atoms with van der Waals surface area (Å²) in [5.74, 6) is -1.44. The second kappa shape index (κ2) is 15.3. The monoisotopic (exact) mass is 784 g/mol. The quantitative estimate of drug-likeness (QED) is 0.0672. The van der Waals surface area contributed by atoms with Crippen LogP contribution in [-0.4, -0.2) is 72.6 Å². The summed E-state index contributed by atoms with van der Waals surface area (Å²) in [6, 6.07) is 6.83. The van der Waals surface area contributed by atoms with Crippen molar-refractivity contribution in [2.24, 2.45) is 0 Å². The maximum Gasteiger partial charge on any atom is 0.303 e. The molecule has 4 rings (SSSR count). The van der Waals surface area contributed by atoms with E-state index in [4.69, 9.17) is 16.7 Å². The van der Waals surface area contributed by atoms with Crippen LogP contribution >= 0.6 is 11.6 Å². The van der Waals surface area contributed by atoms with E-state index in [2.05, 4.69) is 5.32 Å². The second-order valence-corrected chi connectivity index (χ2v) is 18.1. The van der Waals surface area contributed by atoms with Crippen molar-refractivity contribution in [2.45, 2.75) is 86.3 Å². The number of benzene rings is 2. The van der Waals surface area contributed by atoms with Crippen LogP contribution in [0.15, 0.2) is 76.2 Å². The third-order valence-electron chi connectivity index (χ3n) is 9.31. The molecular formula is C34H41ClN2O11S3. The van der Waals surface area contributed by atoms with Gasteiger partial charge in [0.15, 0.2) is 5.71 Å². The summed E-state index contributed by atoms with van der Waals surface area (Å²) in [5, 5.41) is 12.4. The number of carboxylic acids is 1. The first kappa shape index (κ1) is 40.4. The fourth-order valence-corrected chi connectivity index (χ4v) is 8.51. The van der Waals surface area contributed by atoms with Gasteiger partial charge in [0.1, 0.15) is 6.54 Å². The lowest BCUT2D eigenvalue weighted by molar-refractivity contribution is -0.438. The van der Waals surface area contributed by atoms with Gasteiger partial charge in [-0.15, -0.1) is 0 Å². The number of rotatable bonds is 16. The maximum atomic E-state index is 12.1. The molecule has 2 aromatic rings. The van der Waals surface area contributed by atoms with Gasteiger partial charge in [-0.2, -0.15) is 21.4 Å². The van der Waals surface area contributed by atoms with E-state index >= 15 is 0 Å². The molecule has 0 aliphatic carbocycles. The standard InChI is InChI=1S/C34H41ClN2O11S3/c1-33(2)26-21-24(51(46,47)48)22-27(35)32(26)36-29(33)12-6-4-7-13-30-34(3,17-9-5-8-14-31(38)39)25-20-23(50(43,44)45)15-16-28(25)37(30)18-10-11-19-49(40,41)42/h4,6-7,12-13,15-16,20-22H,5,8-11,14,17-19H2,1-3H3,(H4,38,39,40,41,42,43,44,45,46,47,48). The highest BCUT2D eigenvalue weighted by Crippen LogP contribution is 2.48. The van der Waals surface area contributed by atoms with E-state index < -0.39 is 52.9 Å². The number of nitrogens with one attached hydrogen (secondary N) is 1. The number of anilines is 1. The number of hydrogen-bond donors (Lipinski definition) is 4. The van der Waals surface area contributed by atoms with E-state index in [1.54, 1.807) is 30.4 Å². The van der Waals surface area contributed by atoms with Gasteiger partial charge in [0.2, 0.25) is 5.69 Å². The number of aliphatic carboxylic acids is 1. The molecule has 278 valence electrons. The van der Waals surface area contributed by atoms with Crippen LogP contribution in [0.4, 0.5) is 11.4 Å². The first-order chi connectivity index (χ1) is 23.6. The largest absolute Gasteiger partial charge is 0.748 e. The molecule has 2 aromatic carbocycles. The fourth-order valence-electron chi connectivity index (χ4n) is 6.58. The fraction of sp³-hybridized carbons (Fsp3) is 0.412. The van der Waals surface area contributed by atoms with E-state index in [1.807, 2.05) is 31.4 Å². The van der Waals surface area contributed by atoms with Crippen LogP contribution in [0.5, 0.6) is 0 Å². The van der Waals surface area contributed by atoms with E-state index in [1.165, 1.54) is 24.3 Å². The number of carboxylic acid groups (broad SMARTS) is 1. The van der Waals surface area contributed by atoms with Crippen molar-refractivity contribution in [3.63, 3.8) is 0 Å². The molecule has 0 radical (unpaired) electrons. The van der Waals surface area contributed by atoms with Gasteiger partial charge in [0, 0.05) is 47.4 Å². The summed E-state index contributed by atoms with van der Waals surface area (Å²) in [6.07, 6.45) is 11.5. The predicted molar refractivity (Wildman–Crippen MR) is 192 cm³/mol. The number of hydrogen-bond acceptors (Lipinski definition) is 9. The first-order valence-electron chi connectivity index (χ1n) is 16.1. The molecule has 2 heterocycles. The first-order valence-corrected chi connectivity index (χ1v) is 21.0. The Bertz CT molecular complexity index is 2170. The minimum atomic E-state index is -4.55. The third kappa shape index (κ3) is 9.54. The molecule has 0 amide bonds. The Kier molecular flexibility index (Phi) is 12.1. The number of nitrogens with zero attached hydrogens (tertiary/aromatic N) is 1. The van der Waals surface area contributed by atoms with Crippen molar-refractivity contribution in [3.05, 3.63) is 82.6 Å². The van der Waals surface area contributed by atoms with Gasteiger partial charge in [-0.3, -0.25) is 13.9 Å². The number of allylic oxidation sites excluding steroid dienone is 6. The van der Waals surface area contributed by atoms with Gasteiger partial charge in [0.25, 0.3) is 20.2 Å². The normalized spacial score (nSPS) is 19.6. The Morgan fingerprint density at radius 1 is 0.882 bits per heavy atom. The Morgan fingerprint density at radius 3 is 2.18 bits per heavy atom. The summed E-state index contributed by atoms with van der Waals surface area (Å²) in [6.45, 7) is 5.97. The Labute approximate surface area is 303 Å². The molecule has 0 spiro atoms. The van der Waals surface area contributed by atoms with Crippen LogP contribution in [0.2, 0.25) is 5.02 Å². The number of carbonyl (C=O) groups is 1. The topological polar surface area (TPSA) is 218 Å². The Morgan fingerprint density at radius 2 is 1.55 bits per heavy atom. The average Bonchev–Trinajstić information content (AvgIpc) is 3.40. The Balaban J connectivity index is 1.70. The molecule has 0 fully saturated rings. The zero-order chi connectivity index (χ0) is 38.0. The van der Waals surface area contributed by atoms with Crippen LogP contribution in [0.1, 0.15) is 76.8 Å². The molecule has 0 bridgehead atoms. The summed E-state index contributed by atoms with van der Waals surface area (Å²) in [5.41, 5.74) is 2.33. The Hall–Kier alpha value is -3.38. The van der Waals surface area contributed by atoms with Gasteiger partial charge >= 0.3 is 5.97 Å². The van der Waals surface area contributed by atoms with E-state index in [0.29, 0.717) is 66.8 Å². The van der Waals surface area contributed by atoms with Crippen LogP contribution < -0.4 is 5.32 Å². The van der Waals surface area contributed by atoms with Crippen molar-refractivity contribution in [3.8, 4) is 0 Å². The zero-order valence-electron chi connectivity index (χ0n) is 28.3. The predicted octanol–water partition coefficient (Wildman–Crippen LogP) is 5.95. The highest BCUT2D eigenvalue weighted by Gasteiger charge is 2.47. The molecule has 2 aliphatic heterocycles. The van der Waals surface area contributed by atoms with Crippen molar-refractivity contribution in [1.82, 2.24) is 0 Å². The zero-order valence-corrected chi connectivity index (χ0v) is 31.5. The summed E-state index contributed by atoms with van der Waals surface area (Å²) < 4.78 is 103. The third-order valence-corrected chi connectivity index (χ3v) is 12.1. The average molecular weight is 785 g/mol. The minimum Gasteiger partial charge on any atom is -0.748 e. The lowest BCUT2D eigenvalue weighted by atomic mass is 9.75. The van der Waals surface area contributed by atoms with Crippen molar-refractivity contribution >= 4 is 65.0 Å². The summed E-state index contributed by atoms with van der Waals surface area (Å²) in [7, 11) is -13.4. The molecular weight excluding hydrogens is 744 g/mol. The number of halogens is 1. The minimum absolute atomic E-state index is 0.0103. The summed E-state index contributed by atoms with van der Waals surface area (Å²) in [4.78, 5) is 10.5. The van der Waals surface area contributed by atoms with E-state index in [-0.39, 0.29) is 27.7 Å². The second-order valence-electron chi connectivity index (χ2n) is 13.3. The highest BCUT2D eigenvalue weighted by atomic mass is 35.5.